The summed E-state index contributed by atoms with van der Waals surface area (Å²) >= 11 is 9.38. The summed E-state index contributed by atoms with van der Waals surface area (Å²) in [4.78, 5) is 13.6. The molecule has 1 aliphatic heterocycles. The second-order valence-corrected chi connectivity index (χ2v) is 5.33. The summed E-state index contributed by atoms with van der Waals surface area (Å²) in [5, 5.41) is 0.549. The van der Waals surface area contributed by atoms with Crippen molar-refractivity contribution in [1.29, 1.82) is 0 Å². The normalized spacial score (nSPS) is 20.3. The van der Waals surface area contributed by atoms with Crippen LogP contribution in [0.25, 0.3) is 0 Å². The van der Waals surface area contributed by atoms with Crippen LogP contribution in [0, 0.1) is 0 Å². The molecule has 1 aliphatic rings. The van der Waals surface area contributed by atoms with E-state index in [1.165, 1.54) is 0 Å². The Hall–Kier alpha value is -0.740. The molecule has 0 aromatic heterocycles. The lowest BCUT2D eigenvalue weighted by Crippen LogP contribution is -2.24. The molecule has 1 saturated heterocycles. The number of carbonyl (C=O) groups excluding carboxylic acids is 1. The highest BCUT2D eigenvalue weighted by Gasteiger charge is 2.29. The van der Waals surface area contributed by atoms with E-state index in [1.807, 2.05) is 6.07 Å². The number of nitrogens with zero attached hydrogens (tertiary/aromatic N) is 1. The van der Waals surface area contributed by atoms with E-state index in [2.05, 4.69) is 15.9 Å². The van der Waals surface area contributed by atoms with Crippen molar-refractivity contribution in [2.75, 3.05) is 18.6 Å². The standard InChI is InChI=1S/C11H11BrClNO2/c1-16-10-5-8(2-3-9(10)13)14-6-7(12)4-11(14)15/h2-3,5,7H,4,6H2,1H3. The quantitative estimate of drug-likeness (QED) is 0.786. The summed E-state index contributed by atoms with van der Waals surface area (Å²) in [5.41, 5.74) is 0.827. The molecule has 1 atom stereocenters. The Bertz CT molecular complexity index is 424. The van der Waals surface area contributed by atoms with E-state index in [9.17, 15) is 4.79 Å². The lowest BCUT2D eigenvalue weighted by molar-refractivity contribution is -0.117. The van der Waals surface area contributed by atoms with Crippen molar-refractivity contribution in [1.82, 2.24) is 0 Å². The van der Waals surface area contributed by atoms with Gasteiger partial charge in [0.1, 0.15) is 5.75 Å². The molecule has 1 unspecified atom stereocenters. The number of amides is 1. The van der Waals surface area contributed by atoms with Crippen molar-refractivity contribution in [3.63, 3.8) is 0 Å². The highest BCUT2D eigenvalue weighted by molar-refractivity contribution is 9.09. The molecule has 0 radical (unpaired) electrons. The summed E-state index contributed by atoms with van der Waals surface area (Å²) in [6, 6.07) is 5.35. The van der Waals surface area contributed by atoms with Gasteiger partial charge >= 0.3 is 0 Å². The molecule has 16 heavy (non-hydrogen) atoms. The van der Waals surface area contributed by atoms with Crippen molar-refractivity contribution in [3.8, 4) is 5.75 Å². The summed E-state index contributed by atoms with van der Waals surface area (Å²) in [7, 11) is 1.56. The maximum atomic E-state index is 11.7. The molecular formula is C11H11BrClNO2. The minimum atomic E-state index is 0.117. The average Bonchev–Trinajstić information content (AvgIpc) is 2.59. The van der Waals surface area contributed by atoms with Crippen LogP contribution < -0.4 is 9.64 Å². The number of halogens is 2. The van der Waals surface area contributed by atoms with E-state index in [0.717, 1.165) is 5.69 Å². The zero-order chi connectivity index (χ0) is 11.7. The first-order valence-electron chi connectivity index (χ1n) is 4.90. The van der Waals surface area contributed by atoms with Crippen LogP contribution in [0.1, 0.15) is 6.42 Å². The van der Waals surface area contributed by atoms with Gasteiger partial charge in [-0.1, -0.05) is 27.5 Å². The number of ether oxygens (including phenoxy) is 1. The van der Waals surface area contributed by atoms with Crippen molar-refractivity contribution < 1.29 is 9.53 Å². The molecule has 0 bridgehead atoms. The lowest BCUT2D eigenvalue weighted by atomic mass is 10.3. The first-order valence-corrected chi connectivity index (χ1v) is 6.19. The van der Waals surface area contributed by atoms with Gasteiger partial charge in [-0.25, -0.2) is 0 Å². The van der Waals surface area contributed by atoms with Crippen molar-refractivity contribution in [3.05, 3.63) is 23.2 Å². The fourth-order valence-electron chi connectivity index (χ4n) is 1.73. The molecule has 1 aromatic carbocycles. The van der Waals surface area contributed by atoms with Crippen LogP contribution in [0.5, 0.6) is 5.75 Å². The predicted molar refractivity (Wildman–Crippen MR) is 67.7 cm³/mol. The first-order chi connectivity index (χ1) is 7.61. The Morgan fingerprint density at radius 1 is 1.56 bits per heavy atom. The van der Waals surface area contributed by atoms with Gasteiger partial charge in [0, 0.05) is 29.5 Å². The Labute approximate surface area is 107 Å². The average molecular weight is 305 g/mol. The Morgan fingerprint density at radius 3 is 2.88 bits per heavy atom. The highest BCUT2D eigenvalue weighted by Crippen LogP contribution is 2.32. The number of alkyl halides is 1. The minimum Gasteiger partial charge on any atom is -0.495 e. The number of anilines is 1. The van der Waals surface area contributed by atoms with Crippen molar-refractivity contribution >= 4 is 39.1 Å². The first kappa shape index (κ1) is 11.7. The van der Waals surface area contributed by atoms with Crippen LogP contribution in [0.2, 0.25) is 5.02 Å². The fourth-order valence-corrected chi connectivity index (χ4v) is 2.49. The number of benzene rings is 1. The minimum absolute atomic E-state index is 0.117. The smallest absolute Gasteiger partial charge is 0.228 e. The number of carbonyl (C=O) groups is 1. The van der Waals surface area contributed by atoms with Crippen LogP contribution >= 0.6 is 27.5 Å². The maximum absolute atomic E-state index is 11.7. The molecule has 1 aromatic rings. The van der Waals surface area contributed by atoms with Crippen LogP contribution in [0.3, 0.4) is 0 Å². The maximum Gasteiger partial charge on any atom is 0.228 e. The molecule has 86 valence electrons. The van der Waals surface area contributed by atoms with E-state index in [-0.39, 0.29) is 10.7 Å². The zero-order valence-electron chi connectivity index (χ0n) is 8.74. The van der Waals surface area contributed by atoms with E-state index >= 15 is 0 Å². The summed E-state index contributed by atoms with van der Waals surface area (Å²) in [6.45, 7) is 0.684. The number of methoxy groups -OCH3 is 1. The van der Waals surface area contributed by atoms with Gasteiger partial charge in [0.25, 0.3) is 0 Å². The molecule has 0 N–H and O–H groups in total. The third-order valence-electron chi connectivity index (χ3n) is 2.52. The van der Waals surface area contributed by atoms with Gasteiger partial charge < -0.3 is 9.64 Å². The van der Waals surface area contributed by atoms with Gasteiger partial charge in [-0.05, 0) is 12.1 Å². The molecule has 1 fully saturated rings. The van der Waals surface area contributed by atoms with E-state index in [4.69, 9.17) is 16.3 Å². The second-order valence-electron chi connectivity index (χ2n) is 3.62. The topological polar surface area (TPSA) is 29.5 Å². The number of hydrogen-bond acceptors (Lipinski definition) is 2. The molecule has 0 spiro atoms. The van der Waals surface area contributed by atoms with E-state index in [0.29, 0.717) is 23.7 Å². The summed E-state index contributed by atoms with van der Waals surface area (Å²) in [6.07, 6.45) is 0.533. The molecule has 0 aliphatic carbocycles. The molecule has 1 amide bonds. The number of rotatable bonds is 2. The summed E-state index contributed by atoms with van der Waals surface area (Å²) < 4.78 is 5.13. The molecule has 2 rings (SSSR count). The van der Waals surface area contributed by atoms with Crippen molar-refractivity contribution in [2.24, 2.45) is 0 Å². The van der Waals surface area contributed by atoms with Crippen LogP contribution in [-0.4, -0.2) is 24.4 Å². The Morgan fingerprint density at radius 2 is 2.31 bits per heavy atom. The van der Waals surface area contributed by atoms with E-state index < -0.39 is 0 Å². The molecule has 3 nitrogen and oxygen atoms in total. The molecule has 5 heteroatoms. The molecular weight excluding hydrogens is 293 g/mol. The van der Waals surface area contributed by atoms with Crippen LogP contribution in [0.15, 0.2) is 18.2 Å². The van der Waals surface area contributed by atoms with Gasteiger partial charge in [-0.2, -0.15) is 0 Å². The van der Waals surface area contributed by atoms with Crippen molar-refractivity contribution in [2.45, 2.75) is 11.2 Å². The van der Waals surface area contributed by atoms with Gasteiger partial charge in [0.15, 0.2) is 0 Å². The van der Waals surface area contributed by atoms with E-state index in [1.54, 1.807) is 24.1 Å². The van der Waals surface area contributed by atoms with Gasteiger partial charge in [-0.15, -0.1) is 0 Å². The number of hydrogen-bond donors (Lipinski definition) is 0. The van der Waals surface area contributed by atoms with Crippen LogP contribution in [0.4, 0.5) is 5.69 Å². The predicted octanol–water partition coefficient (Wildman–Crippen LogP) is 2.85. The largest absolute Gasteiger partial charge is 0.495 e. The van der Waals surface area contributed by atoms with Gasteiger partial charge in [0.05, 0.1) is 12.1 Å². The Kier molecular flexibility index (Phi) is 3.40. The second kappa shape index (κ2) is 4.63. The van der Waals surface area contributed by atoms with Gasteiger partial charge in [0.2, 0.25) is 5.91 Å². The lowest BCUT2D eigenvalue weighted by Gasteiger charge is -2.17. The highest BCUT2D eigenvalue weighted by atomic mass is 79.9. The zero-order valence-corrected chi connectivity index (χ0v) is 11.1. The monoisotopic (exact) mass is 303 g/mol. The van der Waals surface area contributed by atoms with Gasteiger partial charge in [-0.3, -0.25) is 4.79 Å². The third-order valence-corrected chi connectivity index (χ3v) is 3.45. The molecule has 0 saturated carbocycles. The Balaban J connectivity index is 2.30. The molecule has 1 heterocycles. The SMILES string of the molecule is COc1cc(N2CC(Br)CC2=O)ccc1Cl. The fraction of sp³-hybridized carbons (Fsp3) is 0.364. The van der Waals surface area contributed by atoms with Crippen LogP contribution in [-0.2, 0) is 4.79 Å². The third kappa shape index (κ3) is 2.18. The summed E-state index contributed by atoms with van der Waals surface area (Å²) in [5.74, 6) is 0.705.